The van der Waals surface area contributed by atoms with Crippen LogP contribution in [0.1, 0.15) is 77.7 Å². The second-order valence-electron chi connectivity index (χ2n) is 10.5. The summed E-state index contributed by atoms with van der Waals surface area (Å²) in [5.41, 5.74) is 6.26. The van der Waals surface area contributed by atoms with Crippen molar-refractivity contribution in [1.29, 1.82) is 0 Å². The summed E-state index contributed by atoms with van der Waals surface area (Å²) in [6, 6.07) is 18.2. The van der Waals surface area contributed by atoms with Gasteiger partial charge in [0.25, 0.3) is 0 Å². The first kappa shape index (κ1) is 24.5. The molecule has 2 heterocycles. The standard InChI is InChI=1S/C30H32ClN3O2/c1-19-10-11-23(16-24(19)17-31)26(30(3,4)29(35)36-18-21-8-6-5-7-9-21)25-14-15-34-27(20(25)2)32-33-28(34)22-12-13-22/h5-11,14-16,22,26H,12-13,17-18H2,1-4H3. The van der Waals surface area contributed by atoms with Crippen LogP contribution in [0.4, 0.5) is 0 Å². The van der Waals surface area contributed by atoms with Crippen LogP contribution in [0.3, 0.4) is 0 Å². The second kappa shape index (κ2) is 9.70. The number of carbonyl (C=O) groups is 1. The molecule has 5 rings (SSSR count). The van der Waals surface area contributed by atoms with E-state index in [1.54, 1.807) is 0 Å². The summed E-state index contributed by atoms with van der Waals surface area (Å²) >= 11 is 6.28. The molecule has 6 heteroatoms. The van der Waals surface area contributed by atoms with Crippen molar-refractivity contribution in [2.45, 2.75) is 64.9 Å². The van der Waals surface area contributed by atoms with Crippen molar-refractivity contribution in [3.63, 3.8) is 0 Å². The molecule has 1 aliphatic carbocycles. The first-order chi connectivity index (χ1) is 17.3. The largest absolute Gasteiger partial charge is 0.460 e. The highest BCUT2D eigenvalue weighted by Crippen LogP contribution is 2.45. The Morgan fingerprint density at radius 2 is 1.86 bits per heavy atom. The van der Waals surface area contributed by atoms with E-state index in [1.807, 2.05) is 44.2 Å². The van der Waals surface area contributed by atoms with Crippen molar-refractivity contribution in [2.24, 2.45) is 5.41 Å². The monoisotopic (exact) mass is 501 g/mol. The summed E-state index contributed by atoms with van der Waals surface area (Å²) < 4.78 is 7.97. The van der Waals surface area contributed by atoms with Gasteiger partial charge in [-0.15, -0.1) is 21.8 Å². The molecule has 0 radical (unpaired) electrons. The zero-order valence-electron chi connectivity index (χ0n) is 21.3. The molecular formula is C30H32ClN3O2. The maximum atomic E-state index is 13.6. The third-order valence-electron chi connectivity index (χ3n) is 7.46. The van der Waals surface area contributed by atoms with Crippen LogP contribution in [-0.4, -0.2) is 20.6 Å². The lowest BCUT2D eigenvalue weighted by molar-refractivity contribution is -0.156. The van der Waals surface area contributed by atoms with E-state index in [4.69, 9.17) is 16.3 Å². The van der Waals surface area contributed by atoms with Gasteiger partial charge in [-0.2, -0.15) is 0 Å². The molecule has 4 aromatic rings. The number of aromatic nitrogens is 3. The van der Waals surface area contributed by atoms with Crippen LogP contribution in [0.5, 0.6) is 0 Å². The highest BCUT2D eigenvalue weighted by atomic mass is 35.5. The summed E-state index contributed by atoms with van der Waals surface area (Å²) in [7, 11) is 0. The molecule has 0 spiro atoms. The Bertz CT molecular complexity index is 1410. The number of rotatable bonds is 8. The molecule has 2 aromatic carbocycles. The van der Waals surface area contributed by atoms with E-state index in [0.29, 0.717) is 11.8 Å². The van der Waals surface area contributed by atoms with E-state index >= 15 is 0 Å². The number of halogens is 1. The molecule has 1 unspecified atom stereocenters. The molecule has 1 aliphatic rings. The van der Waals surface area contributed by atoms with Crippen molar-refractivity contribution in [3.05, 3.63) is 100.0 Å². The molecule has 0 amide bonds. The Morgan fingerprint density at radius 3 is 2.56 bits per heavy atom. The minimum atomic E-state index is -0.851. The lowest BCUT2D eigenvalue weighted by atomic mass is 9.70. The fraction of sp³-hybridized carbons (Fsp3) is 0.367. The number of alkyl halides is 1. The summed E-state index contributed by atoms with van der Waals surface area (Å²) in [6.45, 7) is 8.31. The minimum absolute atomic E-state index is 0.240. The van der Waals surface area contributed by atoms with Gasteiger partial charge in [-0.3, -0.25) is 9.20 Å². The third kappa shape index (κ3) is 4.53. The average molecular weight is 502 g/mol. The van der Waals surface area contributed by atoms with Crippen LogP contribution in [0.15, 0.2) is 60.8 Å². The molecule has 186 valence electrons. The number of carbonyl (C=O) groups excluding carboxylic acids is 1. The Kier molecular flexibility index (Phi) is 6.60. The van der Waals surface area contributed by atoms with Crippen LogP contribution in [0, 0.1) is 19.3 Å². The van der Waals surface area contributed by atoms with Gasteiger partial charge < -0.3 is 4.74 Å². The van der Waals surface area contributed by atoms with Crippen LogP contribution in [0.2, 0.25) is 0 Å². The van der Waals surface area contributed by atoms with Gasteiger partial charge in [0.2, 0.25) is 0 Å². The Labute approximate surface area is 217 Å². The number of fused-ring (bicyclic) bond motifs is 1. The van der Waals surface area contributed by atoms with E-state index in [-0.39, 0.29) is 18.5 Å². The van der Waals surface area contributed by atoms with Crippen molar-refractivity contribution in [1.82, 2.24) is 14.6 Å². The number of benzene rings is 2. The molecule has 5 nitrogen and oxygen atoms in total. The quantitative estimate of drug-likeness (QED) is 0.195. The topological polar surface area (TPSA) is 56.5 Å². The third-order valence-corrected chi connectivity index (χ3v) is 7.75. The number of esters is 1. The number of nitrogens with zero attached hydrogens (tertiary/aromatic N) is 3. The molecule has 1 fully saturated rings. The first-order valence-electron chi connectivity index (χ1n) is 12.5. The fourth-order valence-electron chi connectivity index (χ4n) is 5.07. The van der Waals surface area contributed by atoms with Crippen molar-refractivity contribution in [2.75, 3.05) is 0 Å². The molecule has 0 N–H and O–H groups in total. The average Bonchev–Trinajstić information content (AvgIpc) is 3.63. The normalized spacial score (nSPS) is 14.7. The van der Waals surface area contributed by atoms with Gasteiger partial charge in [-0.05, 0) is 80.0 Å². The van der Waals surface area contributed by atoms with Gasteiger partial charge in [0.05, 0.1) is 5.41 Å². The number of pyridine rings is 1. The van der Waals surface area contributed by atoms with Crippen LogP contribution < -0.4 is 0 Å². The van der Waals surface area contributed by atoms with E-state index in [0.717, 1.165) is 57.7 Å². The smallest absolute Gasteiger partial charge is 0.312 e. The van der Waals surface area contributed by atoms with Crippen molar-refractivity contribution >= 4 is 23.2 Å². The van der Waals surface area contributed by atoms with Crippen LogP contribution >= 0.6 is 11.6 Å². The summed E-state index contributed by atoms with van der Waals surface area (Å²) in [5, 5.41) is 9.04. The lowest BCUT2D eigenvalue weighted by Crippen LogP contribution is -2.34. The van der Waals surface area contributed by atoms with Gasteiger partial charge in [-0.1, -0.05) is 48.5 Å². The zero-order chi connectivity index (χ0) is 25.4. The van der Waals surface area contributed by atoms with Gasteiger partial charge in [0.1, 0.15) is 12.4 Å². The number of hydrogen-bond acceptors (Lipinski definition) is 4. The number of ether oxygens (including phenoxy) is 1. The summed E-state index contributed by atoms with van der Waals surface area (Å²) in [4.78, 5) is 13.6. The molecule has 0 aliphatic heterocycles. The van der Waals surface area contributed by atoms with Gasteiger partial charge in [0, 0.05) is 23.9 Å². The first-order valence-corrected chi connectivity index (χ1v) is 13.1. The van der Waals surface area contributed by atoms with E-state index in [9.17, 15) is 4.79 Å². The van der Waals surface area contributed by atoms with Crippen LogP contribution in [-0.2, 0) is 22.0 Å². The lowest BCUT2D eigenvalue weighted by Gasteiger charge is -2.34. The highest BCUT2D eigenvalue weighted by Gasteiger charge is 2.42. The molecule has 0 bridgehead atoms. The zero-order valence-corrected chi connectivity index (χ0v) is 22.0. The molecular weight excluding hydrogens is 470 g/mol. The summed E-state index contributed by atoms with van der Waals surface area (Å²) in [5.74, 6) is 1.43. The second-order valence-corrected chi connectivity index (χ2v) is 10.7. The molecule has 0 saturated heterocycles. The molecule has 1 atom stereocenters. The predicted octanol–water partition coefficient (Wildman–Crippen LogP) is 6.86. The van der Waals surface area contributed by atoms with Gasteiger partial charge in [-0.25, -0.2) is 0 Å². The number of aryl methyl sites for hydroxylation is 2. The van der Waals surface area contributed by atoms with Crippen LogP contribution in [0.25, 0.3) is 5.65 Å². The van der Waals surface area contributed by atoms with Gasteiger partial charge >= 0.3 is 5.97 Å². The Morgan fingerprint density at radius 1 is 1.11 bits per heavy atom. The summed E-state index contributed by atoms with van der Waals surface area (Å²) in [6.07, 6.45) is 4.38. The van der Waals surface area contributed by atoms with Crippen molar-refractivity contribution in [3.8, 4) is 0 Å². The number of hydrogen-bond donors (Lipinski definition) is 0. The maximum absolute atomic E-state index is 13.6. The Hall–Kier alpha value is -3.18. The van der Waals surface area contributed by atoms with E-state index < -0.39 is 5.41 Å². The predicted molar refractivity (Wildman–Crippen MR) is 142 cm³/mol. The maximum Gasteiger partial charge on any atom is 0.312 e. The van der Waals surface area contributed by atoms with E-state index in [1.165, 1.54) is 0 Å². The fourth-order valence-corrected chi connectivity index (χ4v) is 5.36. The van der Waals surface area contributed by atoms with Gasteiger partial charge in [0.15, 0.2) is 5.65 Å². The Balaban J connectivity index is 1.58. The highest BCUT2D eigenvalue weighted by molar-refractivity contribution is 6.17. The van der Waals surface area contributed by atoms with Crippen molar-refractivity contribution < 1.29 is 9.53 Å². The minimum Gasteiger partial charge on any atom is -0.460 e. The molecule has 2 aromatic heterocycles. The van der Waals surface area contributed by atoms with E-state index in [2.05, 4.69) is 58.9 Å². The molecule has 1 saturated carbocycles. The molecule has 36 heavy (non-hydrogen) atoms. The SMILES string of the molecule is Cc1ccc(C(c2ccn3c(C4CC4)nnc3c2C)C(C)(C)C(=O)OCc2ccccc2)cc1CCl.